The van der Waals surface area contributed by atoms with Gasteiger partial charge in [0, 0.05) is 23.4 Å². The number of urea groups is 1. The average molecular weight is 469 g/mol. The molecule has 1 aromatic heterocycles. The zero-order valence-corrected chi connectivity index (χ0v) is 19.3. The maximum Gasteiger partial charge on any atom is 0.320 e. The molecule has 1 heterocycles. The number of benzene rings is 3. The van der Waals surface area contributed by atoms with Crippen molar-refractivity contribution in [2.24, 2.45) is 5.73 Å². The first-order valence-electron chi connectivity index (χ1n) is 10.9. The number of nitriles is 1. The molecular weight excluding hydrogens is 444 g/mol. The number of nitrogens with zero attached hydrogens (tertiary/aromatic N) is 2. The Balaban J connectivity index is 1.73. The van der Waals surface area contributed by atoms with Gasteiger partial charge in [-0.2, -0.15) is 5.26 Å². The second kappa shape index (κ2) is 10.6. The Labute approximate surface area is 202 Å². The van der Waals surface area contributed by atoms with Crippen LogP contribution in [0.15, 0.2) is 84.2 Å². The molecule has 0 aliphatic rings. The number of primary amides is 1. The Morgan fingerprint density at radius 3 is 2.50 bits per heavy atom. The van der Waals surface area contributed by atoms with Crippen LogP contribution in [0.25, 0.3) is 21.2 Å². The van der Waals surface area contributed by atoms with Gasteiger partial charge in [0.1, 0.15) is 6.04 Å². The molecule has 0 bridgehead atoms. The zero-order valence-electron chi connectivity index (χ0n) is 18.5. The van der Waals surface area contributed by atoms with Crippen LogP contribution in [-0.2, 0) is 11.2 Å². The number of hydrogen-bond donors (Lipinski definition) is 2. The van der Waals surface area contributed by atoms with Gasteiger partial charge in [0.2, 0.25) is 5.91 Å². The first-order valence-corrected chi connectivity index (χ1v) is 11.8. The molecule has 34 heavy (non-hydrogen) atoms. The molecule has 0 aliphatic carbocycles. The van der Waals surface area contributed by atoms with Crippen LogP contribution in [0.5, 0.6) is 0 Å². The van der Waals surface area contributed by atoms with Gasteiger partial charge in [-0.05, 0) is 45.7 Å². The van der Waals surface area contributed by atoms with E-state index in [-0.39, 0.29) is 18.9 Å². The van der Waals surface area contributed by atoms with Gasteiger partial charge >= 0.3 is 6.03 Å². The second-order valence-corrected chi connectivity index (χ2v) is 8.71. The molecule has 4 aromatic rings. The van der Waals surface area contributed by atoms with Gasteiger partial charge in [0.05, 0.1) is 12.5 Å². The van der Waals surface area contributed by atoms with Gasteiger partial charge in [-0.3, -0.25) is 9.69 Å². The van der Waals surface area contributed by atoms with Gasteiger partial charge in [-0.1, -0.05) is 60.7 Å². The van der Waals surface area contributed by atoms with Crippen LogP contribution < -0.4 is 16.0 Å². The fourth-order valence-electron chi connectivity index (χ4n) is 3.99. The van der Waals surface area contributed by atoms with Crippen molar-refractivity contribution in [2.45, 2.75) is 18.9 Å². The molecule has 0 saturated carbocycles. The van der Waals surface area contributed by atoms with Crippen LogP contribution in [0, 0.1) is 11.3 Å². The number of amides is 3. The van der Waals surface area contributed by atoms with E-state index in [1.54, 1.807) is 17.4 Å². The van der Waals surface area contributed by atoms with Gasteiger partial charge in [0.25, 0.3) is 0 Å². The fraction of sp³-hybridized carbons (Fsp3) is 0.148. The van der Waals surface area contributed by atoms with Crippen LogP contribution in [0.4, 0.5) is 10.5 Å². The summed E-state index contributed by atoms with van der Waals surface area (Å²) in [6, 6.07) is 25.6. The third-order valence-electron chi connectivity index (χ3n) is 5.59. The van der Waals surface area contributed by atoms with Gasteiger partial charge in [-0.15, -0.1) is 11.3 Å². The first-order chi connectivity index (χ1) is 16.6. The van der Waals surface area contributed by atoms with Crippen molar-refractivity contribution in [1.29, 1.82) is 5.26 Å². The highest BCUT2D eigenvalue weighted by Crippen LogP contribution is 2.30. The molecule has 0 saturated heterocycles. The third kappa shape index (κ3) is 5.08. The smallest absolute Gasteiger partial charge is 0.320 e. The molecular formula is C27H24N4O2S. The zero-order chi connectivity index (χ0) is 23.9. The van der Waals surface area contributed by atoms with Crippen molar-refractivity contribution in [3.8, 4) is 17.2 Å². The predicted octanol–water partition coefficient (Wildman–Crippen LogP) is 5.09. The average Bonchev–Trinajstić information content (AvgIpc) is 3.27. The number of anilines is 1. The summed E-state index contributed by atoms with van der Waals surface area (Å²) in [6.07, 6.45) is 0.473. The summed E-state index contributed by atoms with van der Waals surface area (Å²) in [5.41, 5.74) is 9.25. The van der Waals surface area contributed by atoms with Crippen molar-refractivity contribution >= 4 is 39.0 Å². The molecule has 1 atom stereocenters. The number of fused-ring (bicyclic) bond motifs is 1. The monoisotopic (exact) mass is 468 g/mol. The molecule has 3 N–H and O–H groups in total. The van der Waals surface area contributed by atoms with E-state index in [4.69, 9.17) is 11.0 Å². The molecule has 0 aliphatic heterocycles. The van der Waals surface area contributed by atoms with Crippen molar-refractivity contribution in [2.75, 3.05) is 11.4 Å². The van der Waals surface area contributed by atoms with E-state index in [0.717, 1.165) is 26.8 Å². The number of hydrogen-bond acceptors (Lipinski definition) is 4. The Morgan fingerprint density at radius 1 is 1.00 bits per heavy atom. The summed E-state index contributed by atoms with van der Waals surface area (Å²) in [6.45, 7) is 0.201. The molecule has 3 amide bonds. The Kier molecular flexibility index (Phi) is 7.21. The lowest BCUT2D eigenvalue weighted by atomic mass is 10.0. The molecule has 0 radical (unpaired) electrons. The minimum absolute atomic E-state index is 0.180. The highest BCUT2D eigenvalue weighted by molar-refractivity contribution is 7.17. The highest BCUT2D eigenvalue weighted by Gasteiger charge is 2.31. The van der Waals surface area contributed by atoms with Gasteiger partial charge in [-0.25, -0.2) is 4.79 Å². The summed E-state index contributed by atoms with van der Waals surface area (Å²) in [5.74, 6) is -0.352. The Morgan fingerprint density at radius 2 is 1.74 bits per heavy atom. The summed E-state index contributed by atoms with van der Waals surface area (Å²) in [5, 5.41) is 14.7. The summed E-state index contributed by atoms with van der Waals surface area (Å²) < 4.78 is 1.11. The van der Waals surface area contributed by atoms with Crippen LogP contribution >= 0.6 is 11.3 Å². The summed E-state index contributed by atoms with van der Waals surface area (Å²) in [4.78, 5) is 27.4. The molecule has 1 unspecified atom stereocenters. The maximum absolute atomic E-state index is 13.3. The molecule has 4 rings (SSSR count). The molecule has 6 nitrogen and oxygen atoms in total. The normalized spacial score (nSPS) is 11.5. The quantitative estimate of drug-likeness (QED) is 0.352. The van der Waals surface area contributed by atoms with E-state index in [1.165, 1.54) is 4.90 Å². The van der Waals surface area contributed by atoms with Crippen molar-refractivity contribution < 1.29 is 9.59 Å². The standard InChI is InChI=1S/C27H24N4O2S/c28-14-7-15-30-26(32)24(17-21-18-34-25-13-5-4-12-23(21)25)31(27(29)33)22-11-6-10-20(16-22)19-8-2-1-3-9-19/h1-6,8-13,16,18,24H,7,15,17H2,(H2,29,33)(H,30,32). The molecule has 0 spiro atoms. The lowest BCUT2D eigenvalue weighted by Crippen LogP contribution is -2.53. The fourth-order valence-corrected chi connectivity index (χ4v) is 4.96. The molecule has 170 valence electrons. The van der Waals surface area contributed by atoms with Gasteiger partial charge in [0.15, 0.2) is 0 Å². The van der Waals surface area contributed by atoms with Gasteiger partial charge < -0.3 is 11.1 Å². The highest BCUT2D eigenvalue weighted by atomic mass is 32.1. The van der Waals surface area contributed by atoms with E-state index in [2.05, 4.69) is 5.32 Å². The van der Waals surface area contributed by atoms with E-state index < -0.39 is 12.1 Å². The molecule has 3 aromatic carbocycles. The Hall–Kier alpha value is -4.15. The lowest BCUT2D eigenvalue weighted by Gasteiger charge is -2.30. The SMILES string of the molecule is N#CCCNC(=O)C(Cc1csc2ccccc12)N(C(N)=O)c1cccc(-c2ccccc2)c1. The minimum Gasteiger partial charge on any atom is -0.353 e. The van der Waals surface area contributed by atoms with E-state index in [0.29, 0.717) is 12.1 Å². The largest absolute Gasteiger partial charge is 0.353 e. The summed E-state index contributed by atoms with van der Waals surface area (Å²) in [7, 11) is 0. The van der Waals surface area contributed by atoms with Crippen LogP contribution in [0.1, 0.15) is 12.0 Å². The van der Waals surface area contributed by atoms with Crippen LogP contribution in [0.3, 0.4) is 0 Å². The maximum atomic E-state index is 13.3. The summed E-state index contributed by atoms with van der Waals surface area (Å²) >= 11 is 1.60. The number of thiophene rings is 1. The predicted molar refractivity (Wildman–Crippen MR) is 136 cm³/mol. The second-order valence-electron chi connectivity index (χ2n) is 7.80. The third-order valence-corrected chi connectivity index (χ3v) is 6.61. The van der Waals surface area contributed by atoms with E-state index in [1.807, 2.05) is 84.2 Å². The number of nitrogens with one attached hydrogen (secondary N) is 1. The van der Waals surface area contributed by atoms with Crippen LogP contribution in [-0.4, -0.2) is 24.5 Å². The van der Waals surface area contributed by atoms with Crippen molar-refractivity contribution in [3.63, 3.8) is 0 Å². The lowest BCUT2D eigenvalue weighted by molar-refractivity contribution is -0.122. The number of carbonyl (C=O) groups is 2. The number of rotatable bonds is 8. The van der Waals surface area contributed by atoms with E-state index >= 15 is 0 Å². The van der Waals surface area contributed by atoms with Crippen molar-refractivity contribution in [3.05, 3.63) is 89.8 Å². The van der Waals surface area contributed by atoms with Crippen molar-refractivity contribution in [1.82, 2.24) is 5.32 Å². The Bertz CT molecular complexity index is 1340. The topological polar surface area (TPSA) is 99.2 Å². The molecule has 0 fully saturated rings. The molecule has 7 heteroatoms. The first kappa shape index (κ1) is 23.0. The minimum atomic E-state index is -0.875. The van der Waals surface area contributed by atoms with Crippen LogP contribution in [0.2, 0.25) is 0 Å². The number of carbonyl (C=O) groups excluding carboxylic acids is 2. The van der Waals surface area contributed by atoms with E-state index in [9.17, 15) is 9.59 Å². The number of nitrogens with two attached hydrogens (primary N) is 1.